The van der Waals surface area contributed by atoms with Gasteiger partial charge in [-0.25, -0.2) is 29.9 Å². The molecule has 0 aliphatic heterocycles. The van der Waals surface area contributed by atoms with E-state index in [0.717, 1.165) is 187 Å². The standard InChI is InChI=1S/C110H66N6O2/c1-4-22-72(23-5-1)87-55-56-88(91-33-15-14-32-90(87)91)81-52-54-95-102(66-81)118-101-39-19-37-94(104(95)101)92-35-17-36-93-96(92)64-86(65-97(93)110-115-106(74-26-8-3-9-27-74)113-109(116-110)83-50-46-68-21-11-13-29-76(68)60-83)78-31-16-30-77(58-78)69-40-42-70(43-41-69)79-53-57-99-98(63-79)103-89(34-18-38-100(103)117-99)80-48-44-71-47-51-84(62-85(71)61-80)108-112-105(73-24-6-2-7-25-73)111-107(114-108)82-49-45-67-20-10-12-28-75(67)59-82/h1-66H. The lowest BCUT2D eigenvalue weighted by molar-refractivity contribution is 0.668. The van der Waals surface area contributed by atoms with Crippen LogP contribution in [0.2, 0.25) is 0 Å². The van der Waals surface area contributed by atoms with Crippen LogP contribution in [0.4, 0.5) is 0 Å². The summed E-state index contributed by atoms with van der Waals surface area (Å²) < 4.78 is 13.7. The van der Waals surface area contributed by atoms with Crippen LogP contribution in [0.15, 0.2) is 409 Å². The van der Waals surface area contributed by atoms with E-state index in [1.807, 2.05) is 48.5 Å². The van der Waals surface area contributed by atoms with Gasteiger partial charge < -0.3 is 8.83 Å². The topological polar surface area (TPSA) is 104 Å². The molecule has 8 nitrogen and oxygen atoms in total. The lowest BCUT2D eigenvalue weighted by Gasteiger charge is -2.16. The molecular weight excluding hydrogens is 1440 g/mol. The maximum absolute atomic E-state index is 6.97. The van der Waals surface area contributed by atoms with Crippen molar-refractivity contribution >= 4 is 97.7 Å². The molecule has 0 bridgehead atoms. The van der Waals surface area contributed by atoms with Gasteiger partial charge in [-0.05, 0) is 211 Å². The summed E-state index contributed by atoms with van der Waals surface area (Å²) in [5.41, 5.74) is 24.0. The van der Waals surface area contributed by atoms with E-state index in [9.17, 15) is 0 Å². The molecule has 23 rings (SSSR count). The average molecular weight is 1500 g/mol. The molecular formula is C110H66N6O2. The SMILES string of the molecule is c1ccc(-c2nc(-c3ccc4ccccc4c3)nc(-c3ccc4ccc(-c5cccc6oc7ccc(-c8ccc(-c9cccc(-c%10cc(-c%11nc(-c%12ccccc%12)nc(-c%12ccc%13ccccc%13c%12)n%11)c%11cccc(-c%12cccc%13oc%14cc(-c%15ccc(-c%16ccccc%16)c%16ccccc%15%16)ccc%14c%12%13)c%11c%10)c9)cc8)cc7c56)cc4c3)n2)cc1. The summed E-state index contributed by atoms with van der Waals surface area (Å²) in [6.45, 7) is 0. The van der Waals surface area contributed by atoms with E-state index < -0.39 is 0 Å². The minimum Gasteiger partial charge on any atom is -0.456 e. The highest BCUT2D eigenvalue weighted by atomic mass is 16.3. The fraction of sp³-hybridized carbons (Fsp3) is 0. The third-order valence-electron chi connectivity index (χ3n) is 23.3. The van der Waals surface area contributed by atoms with Gasteiger partial charge in [-0.1, -0.05) is 322 Å². The van der Waals surface area contributed by atoms with Crippen molar-refractivity contribution in [1.82, 2.24) is 29.9 Å². The van der Waals surface area contributed by atoms with E-state index >= 15 is 0 Å². The van der Waals surface area contributed by atoms with Crippen molar-refractivity contribution in [2.24, 2.45) is 0 Å². The molecule has 0 N–H and O–H groups in total. The van der Waals surface area contributed by atoms with Crippen molar-refractivity contribution in [1.29, 1.82) is 0 Å². The van der Waals surface area contributed by atoms with E-state index in [-0.39, 0.29) is 0 Å². The van der Waals surface area contributed by atoms with Gasteiger partial charge in [0.25, 0.3) is 0 Å². The van der Waals surface area contributed by atoms with Crippen LogP contribution in [0.25, 0.3) is 244 Å². The molecule has 0 radical (unpaired) electrons. The van der Waals surface area contributed by atoms with Crippen molar-refractivity contribution in [2.75, 3.05) is 0 Å². The zero-order valence-electron chi connectivity index (χ0n) is 63.6. The fourth-order valence-electron chi connectivity index (χ4n) is 17.5. The van der Waals surface area contributed by atoms with E-state index in [0.29, 0.717) is 34.9 Å². The highest BCUT2D eigenvalue weighted by Crippen LogP contribution is 2.47. The highest BCUT2D eigenvalue weighted by molar-refractivity contribution is 6.19. The van der Waals surface area contributed by atoms with Gasteiger partial charge in [0.05, 0.1) is 0 Å². The van der Waals surface area contributed by atoms with Crippen LogP contribution < -0.4 is 0 Å². The maximum atomic E-state index is 6.97. The third-order valence-corrected chi connectivity index (χ3v) is 23.3. The third kappa shape index (κ3) is 12.0. The number of rotatable bonds is 13. The van der Waals surface area contributed by atoms with Crippen molar-refractivity contribution in [3.05, 3.63) is 400 Å². The second-order valence-corrected chi connectivity index (χ2v) is 30.4. The van der Waals surface area contributed by atoms with Gasteiger partial charge in [0.15, 0.2) is 34.9 Å². The second kappa shape index (κ2) is 28.0. The van der Waals surface area contributed by atoms with Gasteiger partial charge in [-0.15, -0.1) is 0 Å². The Labute approximate surface area is 678 Å². The van der Waals surface area contributed by atoms with E-state index in [1.165, 1.54) is 21.9 Å². The van der Waals surface area contributed by atoms with E-state index in [4.69, 9.17) is 38.7 Å². The lowest BCUT2D eigenvalue weighted by atomic mass is 9.89. The Kier molecular flexibility index (Phi) is 16.1. The lowest BCUT2D eigenvalue weighted by Crippen LogP contribution is -2.01. The average Bonchev–Trinajstić information content (AvgIpc) is 1.44. The Hall–Kier alpha value is -15.9. The molecule has 118 heavy (non-hydrogen) atoms. The number of furan rings is 2. The molecule has 0 aliphatic carbocycles. The summed E-state index contributed by atoms with van der Waals surface area (Å²) in [6.07, 6.45) is 0. The summed E-state index contributed by atoms with van der Waals surface area (Å²) >= 11 is 0. The zero-order valence-corrected chi connectivity index (χ0v) is 63.6. The van der Waals surface area contributed by atoms with Crippen molar-refractivity contribution in [3.63, 3.8) is 0 Å². The van der Waals surface area contributed by atoms with E-state index in [2.05, 4.69) is 352 Å². The van der Waals surface area contributed by atoms with Crippen LogP contribution in [0.5, 0.6) is 0 Å². The molecule has 8 heteroatoms. The molecule has 0 unspecified atom stereocenters. The first-order valence-electron chi connectivity index (χ1n) is 39.8. The fourth-order valence-corrected chi connectivity index (χ4v) is 17.5. The monoisotopic (exact) mass is 1500 g/mol. The first kappa shape index (κ1) is 67.8. The summed E-state index contributed by atoms with van der Waals surface area (Å²) in [4.78, 5) is 31.5. The Morgan fingerprint density at radius 3 is 1.13 bits per heavy atom. The predicted molar refractivity (Wildman–Crippen MR) is 486 cm³/mol. The number of hydrogen-bond acceptors (Lipinski definition) is 8. The summed E-state index contributed by atoms with van der Waals surface area (Å²) in [5.74, 6) is 3.60. The molecule has 0 aliphatic rings. The van der Waals surface area contributed by atoms with Crippen LogP contribution in [-0.2, 0) is 0 Å². The number of aromatic nitrogens is 6. The second-order valence-electron chi connectivity index (χ2n) is 30.4. The van der Waals surface area contributed by atoms with Gasteiger partial charge in [0.2, 0.25) is 0 Å². The molecule has 19 aromatic carbocycles. The quantitative estimate of drug-likeness (QED) is 0.112. The molecule has 4 heterocycles. The first-order valence-corrected chi connectivity index (χ1v) is 39.8. The molecule has 23 aromatic rings. The van der Waals surface area contributed by atoms with Gasteiger partial charge in [-0.2, -0.15) is 0 Å². The molecule has 4 aromatic heterocycles. The summed E-state index contributed by atoms with van der Waals surface area (Å²) in [5, 5.41) is 15.4. The smallest absolute Gasteiger partial charge is 0.164 e. The van der Waals surface area contributed by atoms with Crippen molar-refractivity contribution in [3.8, 4) is 146 Å². The Morgan fingerprint density at radius 1 is 0.136 bits per heavy atom. The van der Waals surface area contributed by atoms with Crippen LogP contribution in [0.1, 0.15) is 0 Å². The largest absolute Gasteiger partial charge is 0.456 e. The molecule has 0 saturated heterocycles. The number of benzene rings is 19. The van der Waals surface area contributed by atoms with Crippen LogP contribution in [0.3, 0.4) is 0 Å². The van der Waals surface area contributed by atoms with Crippen molar-refractivity contribution < 1.29 is 8.83 Å². The molecule has 0 saturated carbocycles. The number of nitrogens with zero attached hydrogens (tertiary/aromatic N) is 6. The minimum absolute atomic E-state index is 0.570. The Morgan fingerprint density at radius 2 is 0.517 bits per heavy atom. The zero-order chi connectivity index (χ0) is 77.7. The normalized spacial score (nSPS) is 11.7. The predicted octanol–water partition coefficient (Wildman–Crippen LogP) is 29.3. The van der Waals surface area contributed by atoms with E-state index in [1.54, 1.807) is 0 Å². The van der Waals surface area contributed by atoms with Crippen LogP contribution in [-0.4, -0.2) is 29.9 Å². The summed E-state index contributed by atoms with van der Waals surface area (Å²) in [7, 11) is 0. The minimum atomic E-state index is 0.570. The van der Waals surface area contributed by atoms with Crippen molar-refractivity contribution in [2.45, 2.75) is 0 Å². The van der Waals surface area contributed by atoms with Crippen LogP contribution >= 0.6 is 0 Å². The molecule has 0 amide bonds. The molecule has 0 atom stereocenters. The van der Waals surface area contributed by atoms with Gasteiger partial charge in [0.1, 0.15) is 22.3 Å². The highest BCUT2D eigenvalue weighted by Gasteiger charge is 2.24. The van der Waals surface area contributed by atoms with Gasteiger partial charge >= 0.3 is 0 Å². The summed E-state index contributed by atoms with van der Waals surface area (Å²) in [6, 6.07) is 142. The molecule has 548 valence electrons. The molecule has 0 spiro atoms. The Bertz CT molecular complexity index is 7990. The Balaban J connectivity index is 0.613. The van der Waals surface area contributed by atoms with Gasteiger partial charge in [0, 0.05) is 54.9 Å². The van der Waals surface area contributed by atoms with Gasteiger partial charge in [-0.3, -0.25) is 0 Å². The molecule has 0 fully saturated rings. The van der Waals surface area contributed by atoms with Crippen LogP contribution in [0, 0.1) is 0 Å². The first-order chi connectivity index (χ1) is 58.4. The maximum Gasteiger partial charge on any atom is 0.164 e. The number of fused-ring (bicyclic) bond motifs is 11. The number of hydrogen-bond donors (Lipinski definition) is 0.